The van der Waals surface area contributed by atoms with Crippen LogP contribution in [-0.2, 0) is 11.6 Å². The minimum absolute atomic E-state index is 0.122. The first-order chi connectivity index (χ1) is 17.5. The maximum Gasteiger partial charge on any atom is 0.416 e. The van der Waals surface area contributed by atoms with Crippen molar-refractivity contribution in [3.05, 3.63) is 53.3 Å². The summed E-state index contributed by atoms with van der Waals surface area (Å²) >= 11 is 0. The molecule has 0 bridgehead atoms. The van der Waals surface area contributed by atoms with E-state index in [9.17, 15) is 22.4 Å². The van der Waals surface area contributed by atoms with Gasteiger partial charge in [-0.3, -0.25) is 4.90 Å². The standard InChI is InChI=1S/C27H33F4N3O3/c1-16(2)34-10-9-26(17-5-6-22(36-3)23(13-17)37-4)8-7-20(15-24(26)34)32-25(35)33-21-12-18(27(29,30)31)11-19(28)14-21/h5-6,11-14,16,20,24H,7-10,15H2,1-4H3,(H2,32,33,35)/t20-,24+,26+/m1/s1. The number of amides is 2. The Labute approximate surface area is 214 Å². The normalized spacial score (nSPS) is 24.0. The lowest BCUT2D eigenvalue weighted by Gasteiger charge is -2.46. The highest BCUT2D eigenvalue weighted by molar-refractivity contribution is 5.89. The lowest BCUT2D eigenvalue weighted by Crippen LogP contribution is -2.54. The summed E-state index contributed by atoms with van der Waals surface area (Å²) < 4.78 is 63.8. The molecule has 2 amide bonds. The molecule has 0 unspecified atom stereocenters. The fourth-order valence-electron chi connectivity index (χ4n) is 5.99. The van der Waals surface area contributed by atoms with Crippen molar-refractivity contribution in [2.75, 3.05) is 26.1 Å². The smallest absolute Gasteiger partial charge is 0.416 e. The second-order valence-corrected chi connectivity index (χ2v) is 10.1. The summed E-state index contributed by atoms with van der Waals surface area (Å²) in [6.45, 7) is 5.21. The van der Waals surface area contributed by atoms with E-state index in [2.05, 4.69) is 35.4 Å². The predicted octanol–water partition coefficient (Wildman–Crippen LogP) is 5.96. The van der Waals surface area contributed by atoms with E-state index in [1.165, 1.54) is 5.56 Å². The molecule has 2 fully saturated rings. The fraction of sp³-hybridized carbons (Fsp3) is 0.519. The van der Waals surface area contributed by atoms with Crippen LogP contribution in [0.4, 0.5) is 28.0 Å². The molecular weight excluding hydrogens is 490 g/mol. The largest absolute Gasteiger partial charge is 0.493 e. The average Bonchev–Trinajstić information content (AvgIpc) is 3.23. The summed E-state index contributed by atoms with van der Waals surface area (Å²) in [7, 11) is 3.21. The molecule has 1 heterocycles. The Bertz CT molecular complexity index is 1140. The number of halogens is 4. The average molecular weight is 524 g/mol. The van der Waals surface area contributed by atoms with Crippen LogP contribution in [0.1, 0.15) is 50.7 Å². The van der Waals surface area contributed by atoms with Crippen molar-refractivity contribution in [3.63, 3.8) is 0 Å². The summed E-state index contributed by atoms with van der Waals surface area (Å²) in [6.07, 6.45) is -1.56. The lowest BCUT2D eigenvalue weighted by molar-refractivity contribution is -0.137. The molecule has 3 atom stereocenters. The van der Waals surface area contributed by atoms with Crippen molar-refractivity contribution in [1.82, 2.24) is 10.2 Å². The number of carbonyl (C=O) groups is 1. The van der Waals surface area contributed by atoms with Crippen molar-refractivity contribution in [3.8, 4) is 11.5 Å². The van der Waals surface area contributed by atoms with Crippen molar-refractivity contribution in [2.24, 2.45) is 0 Å². The third-order valence-electron chi connectivity index (χ3n) is 7.74. The number of alkyl halides is 3. The first-order valence-corrected chi connectivity index (χ1v) is 12.4. The molecule has 0 radical (unpaired) electrons. The number of ether oxygens (including phenoxy) is 2. The number of hydrogen-bond donors (Lipinski definition) is 2. The van der Waals surface area contributed by atoms with Gasteiger partial charge in [-0.1, -0.05) is 6.07 Å². The van der Waals surface area contributed by atoms with Crippen LogP contribution in [0.2, 0.25) is 0 Å². The Balaban J connectivity index is 1.52. The number of likely N-dealkylation sites (tertiary alicyclic amines) is 1. The van der Waals surface area contributed by atoms with Gasteiger partial charge in [-0.05, 0) is 82.0 Å². The second kappa shape index (κ2) is 10.4. The number of urea groups is 1. The van der Waals surface area contributed by atoms with E-state index in [1.54, 1.807) is 14.2 Å². The summed E-state index contributed by atoms with van der Waals surface area (Å²) in [4.78, 5) is 15.1. The van der Waals surface area contributed by atoms with Gasteiger partial charge in [-0.25, -0.2) is 9.18 Å². The van der Waals surface area contributed by atoms with Gasteiger partial charge >= 0.3 is 12.2 Å². The van der Waals surface area contributed by atoms with Crippen molar-refractivity contribution < 1.29 is 31.8 Å². The molecule has 0 spiro atoms. The zero-order valence-corrected chi connectivity index (χ0v) is 21.4. The van der Waals surface area contributed by atoms with Gasteiger partial charge in [0.05, 0.1) is 19.8 Å². The molecule has 2 N–H and O–H groups in total. The predicted molar refractivity (Wildman–Crippen MR) is 133 cm³/mol. The summed E-state index contributed by atoms with van der Waals surface area (Å²) in [6, 6.07) is 7.65. The van der Waals surface area contributed by atoms with E-state index in [-0.39, 0.29) is 23.2 Å². The monoisotopic (exact) mass is 523 g/mol. The Morgan fingerprint density at radius 3 is 2.46 bits per heavy atom. The molecule has 1 saturated heterocycles. The Kier molecular flexibility index (Phi) is 7.60. The van der Waals surface area contributed by atoms with Crippen LogP contribution in [0.25, 0.3) is 0 Å². The number of benzene rings is 2. The van der Waals surface area contributed by atoms with Gasteiger partial charge < -0.3 is 20.1 Å². The molecular formula is C27H33F4N3O3. The third-order valence-corrected chi connectivity index (χ3v) is 7.74. The van der Waals surface area contributed by atoms with Gasteiger partial charge in [-0.15, -0.1) is 0 Å². The van der Waals surface area contributed by atoms with Gasteiger partial charge in [-0.2, -0.15) is 13.2 Å². The minimum atomic E-state index is -4.71. The number of fused-ring (bicyclic) bond motifs is 1. The van der Waals surface area contributed by atoms with Crippen molar-refractivity contribution in [2.45, 2.75) is 69.2 Å². The number of carbonyl (C=O) groups excluding carboxylic acids is 1. The zero-order valence-electron chi connectivity index (χ0n) is 21.4. The van der Waals surface area contributed by atoms with Crippen LogP contribution in [0.15, 0.2) is 36.4 Å². The van der Waals surface area contributed by atoms with E-state index in [4.69, 9.17) is 9.47 Å². The topological polar surface area (TPSA) is 62.8 Å². The van der Waals surface area contributed by atoms with E-state index in [1.807, 2.05) is 12.1 Å². The number of hydrogen-bond acceptors (Lipinski definition) is 4. The first-order valence-electron chi connectivity index (χ1n) is 12.4. The molecule has 10 heteroatoms. The Morgan fingerprint density at radius 1 is 1.08 bits per heavy atom. The van der Waals surface area contributed by atoms with E-state index >= 15 is 0 Å². The van der Waals surface area contributed by atoms with Gasteiger partial charge in [0, 0.05) is 29.2 Å². The van der Waals surface area contributed by atoms with Gasteiger partial charge in [0.25, 0.3) is 0 Å². The molecule has 202 valence electrons. The first kappa shape index (κ1) is 27.0. The molecule has 2 aromatic rings. The molecule has 0 aromatic heterocycles. The maximum absolute atomic E-state index is 13.7. The number of anilines is 1. The molecule has 1 aliphatic carbocycles. The zero-order chi connectivity index (χ0) is 27.0. The number of nitrogens with one attached hydrogen (secondary N) is 2. The molecule has 37 heavy (non-hydrogen) atoms. The molecule has 4 rings (SSSR count). The highest BCUT2D eigenvalue weighted by Crippen LogP contribution is 2.51. The summed E-state index contributed by atoms with van der Waals surface area (Å²) in [5, 5.41) is 5.27. The van der Waals surface area contributed by atoms with Crippen LogP contribution in [-0.4, -0.2) is 49.8 Å². The summed E-state index contributed by atoms with van der Waals surface area (Å²) in [5.41, 5.74) is -0.354. The second-order valence-electron chi connectivity index (χ2n) is 10.1. The van der Waals surface area contributed by atoms with E-state index < -0.39 is 23.6 Å². The van der Waals surface area contributed by atoms with E-state index in [0.29, 0.717) is 36.4 Å². The molecule has 1 saturated carbocycles. The van der Waals surface area contributed by atoms with Crippen LogP contribution in [0.3, 0.4) is 0 Å². The lowest BCUT2D eigenvalue weighted by atomic mass is 9.65. The quantitative estimate of drug-likeness (QED) is 0.459. The van der Waals surface area contributed by atoms with Crippen molar-refractivity contribution >= 4 is 11.7 Å². The van der Waals surface area contributed by atoms with E-state index in [0.717, 1.165) is 31.5 Å². The molecule has 6 nitrogen and oxygen atoms in total. The van der Waals surface area contributed by atoms with Crippen LogP contribution < -0.4 is 20.1 Å². The van der Waals surface area contributed by atoms with Crippen LogP contribution in [0, 0.1) is 5.82 Å². The fourth-order valence-corrected chi connectivity index (χ4v) is 5.99. The minimum Gasteiger partial charge on any atom is -0.493 e. The van der Waals surface area contributed by atoms with Gasteiger partial charge in [0.15, 0.2) is 11.5 Å². The van der Waals surface area contributed by atoms with Crippen molar-refractivity contribution in [1.29, 1.82) is 0 Å². The Hall–Kier alpha value is -3.01. The van der Waals surface area contributed by atoms with Crippen LogP contribution in [0.5, 0.6) is 11.5 Å². The maximum atomic E-state index is 13.7. The number of nitrogens with zero attached hydrogens (tertiary/aromatic N) is 1. The third kappa shape index (κ3) is 5.49. The van der Waals surface area contributed by atoms with Gasteiger partial charge in [0.2, 0.25) is 0 Å². The molecule has 2 aliphatic rings. The number of methoxy groups -OCH3 is 2. The summed E-state index contributed by atoms with van der Waals surface area (Å²) in [5.74, 6) is 0.265. The molecule has 1 aliphatic heterocycles. The SMILES string of the molecule is COc1ccc([C@@]23CC[C@@H](NC(=O)Nc4cc(F)cc(C(F)(F)F)c4)C[C@@H]2N(C(C)C)CC3)cc1OC. The number of rotatable bonds is 6. The molecule has 2 aromatic carbocycles. The highest BCUT2D eigenvalue weighted by Gasteiger charge is 2.52. The van der Waals surface area contributed by atoms with Gasteiger partial charge in [0.1, 0.15) is 5.82 Å². The highest BCUT2D eigenvalue weighted by atomic mass is 19.4. The Morgan fingerprint density at radius 2 is 1.81 bits per heavy atom. The van der Waals surface area contributed by atoms with Crippen LogP contribution >= 0.6 is 0 Å².